The van der Waals surface area contributed by atoms with Crippen LogP contribution in [-0.4, -0.2) is 21.7 Å². The molecule has 1 N–H and O–H groups in total. The summed E-state index contributed by atoms with van der Waals surface area (Å²) < 4.78 is 2.06. The van der Waals surface area contributed by atoms with Gasteiger partial charge in [0.15, 0.2) is 0 Å². The maximum Gasteiger partial charge on any atom is 0.244 e. The predicted octanol–water partition coefficient (Wildman–Crippen LogP) is 3.18. The maximum atomic E-state index is 11.9. The lowest BCUT2D eigenvalue weighted by atomic mass is 10.1. The van der Waals surface area contributed by atoms with Gasteiger partial charge in [-0.25, -0.2) is 10.4 Å². The zero-order chi connectivity index (χ0) is 17.6. The van der Waals surface area contributed by atoms with E-state index in [0.717, 1.165) is 28.3 Å². The van der Waals surface area contributed by atoms with E-state index in [0.29, 0.717) is 6.42 Å². The molecule has 0 aliphatic carbocycles. The predicted molar refractivity (Wildman–Crippen MR) is 98.9 cm³/mol. The van der Waals surface area contributed by atoms with Crippen LogP contribution in [0.1, 0.15) is 22.5 Å². The minimum absolute atomic E-state index is 0.138. The van der Waals surface area contributed by atoms with Crippen LogP contribution in [0, 0.1) is 13.8 Å². The Balaban J connectivity index is 1.69. The van der Waals surface area contributed by atoms with Crippen LogP contribution < -0.4 is 5.43 Å². The van der Waals surface area contributed by atoms with Crippen molar-refractivity contribution in [3.63, 3.8) is 0 Å². The van der Waals surface area contributed by atoms with Crippen molar-refractivity contribution in [3.8, 4) is 5.82 Å². The highest BCUT2D eigenvalue weighted by molar-refractivity contribution is 5.84. The molecule has 1 aromatic carbocycles. The van der Waals surface area contributed by atoms with E-state index in [-0.39, 0.29) is 5.91 Å². The summed E-state index contributed by atoms with van der Waals surface area (Å²) in [4.78, 5) is 16.3. The van der Waals surface area contributed by atoms with E-state index in [1.54, 1.807) is 12.4 Å². The zero-order valence-corrected chi connectivity index (χ0v) is 14.3. The number of carbonyl (C=O) groups excluding carboxylic acids is 1. The van der Waals surface area contributed by atoms with Crippen molar-refractivity contribution < 1.29 is 4.79 Å². The highest BCUT2D eigenvalue weighted by atomic mass is 16.2. The normalized spacial score (nSPS) is 11.0. The Morgan fingerprint density at radius 3 is 2.64 bits per heavy atom. The van der Waals surface area contributed by atoms with Gasteiger partial charge in [0, 0.05) is 23.1 Å². The number of aryl methyl sites for hydroxylation is 1. The summed E-state index contributed by atoms with van der Waals surface area (Å²) in [5.74, 6) is 0.728. The molecule has 3 aromatic rings. The van der Waals surface area contributed by atoms with E-state index < -0.39 is 0 Å². The van der Waals surface area contributed by atoms with Gasteiger partial charge in [-0.3, -0.25) is 4.79 Å². The molecule has 126 valence electrons. The molecule has 0 spiro atoms. The number of nitrogens with zero attached hydrogens (tertiary/aromatic N) is 3. The number of aromatic nitrogens is 2. The first kappa shape index (κ1) is 16.6. The van der Waals surface area contributed by atoms with Gasteiger partial charge < -0.3 is 4.57 Å². The Morgan fingerprint density at radius 2 is 1.92 bits per heavy atom. The second-order valence-corrected chi connectivity index (χ2v) is 5.81. The smallest absolute Gasteiger partial charge is 0.244 e. The van der Waals surface area contributed by atoms with Crippen LogP contribution >= 0.6 is 0 Å². The molecule has 5 heteroatoms. The molecule has 0 fully saturated rings. The van der Waals surface area contributed by atoms with Crippen LogP contribution in [0.3, 0.4) is 0 Å². The molecule has 0 aliphatic rings. The van der Waals surface area contributed by atoms with Gasteiger partial charge in [0.1, 0.15) is 5.82 Å². The molecule has 2 heterocycles. The second-order valence-electron chi connectivity index (χ2n) is 5.81. The quantitative estimate of drug-likeness (QED) is 0.576. The highest BCUT2D eigenvalue weighted by Gasteiger charge is 2.10. The van der Waals surface area contributed by atoms with Crippen molar-refractivity contribution in [1.82, 2.24) is 15.0 Å². The Labute approximate surface area is 147 Å². The minimum atomic E-state index is -0.138. The van der Waals surface area contributed by atoms with Gasteiger partial charge in [0.25, 0.3) is 0 Å². The number of nitrogens with one attached hydrogen (secondary N) is 1. The van der Waals surface area contributed by atoms with Crippen molar-refractivity contribution in [1.29, 1.82) is 0 Å². The van der Waals surface area contributed by atoms with Crippen molar-refractivity contribution >= 4 is 12.1 Å². The first-order valence-electron chi connectivity index (χ1n) is 8.11. The molecule has 1 amide bonds. The zero-order valence-electron chi connectivity index (χ0n) is 14.3. The number of carbonyl (C=O) groups is 1. The molecule has 0 saturated heterocycles. The molecule has 0 saturated carbocycles. The molecular formula is C20H20N4O. The SMILES string of the molecule is Cc1cc(/C=N\NC(=O)Cc2ccccc2)c(C)n1-c1ccccn1. The molecule has 0 bridgehead atoms. The number of hydrogen-bond donors (Lipinski definition) is 1. The molecule has 0 radical (unpaired) electrons. The Bertz CT molecular complexity index is 883. The second kappa shape index (κ2) is 7.57. The molecule has 0 unspecified atom stereocenters. The van der Waals surface area contributed by atoms with E-state index in [4.69, 9.17) is 0 Å². The summed E-state index contributed by atoms with van der Waals surface area (Å²) in [6.07, 6.45) is 3.75. The molecule has 2 aromatic heterocycles. The fourth-order valence-electron chi connectivity index (χ4n) is 2.75. The summed E-state index contributed by atoms with van der Waals surface area (Å²) in [5.41, 5.74) is 6.58. The van der Waals surface area contributed by atoms with Crippen LogP contribution in [-0.2, 0) is 11.2 Å². The standard InChI is InChI=1S/C20H20N4O/c1-15-12-18(16(2)24(15)19-10-6-7-11-21-19)14-22-23-20(25)13-17-8-4-3-5-9-17/h3-12,14H,13H2,1-2H3,(H,23,25)/b22-14-. The van der Waals surface area contributed by atoms with E-state index in [1.165, 1.54) is 0 Å². The lowest BCUT2D eigenvalue weighted by molar-refractivity contribution is -0.120. The van der Waals surface area contributed by atoms with Gasteiger partial charge in [-0.1, -0.05) is 36.4 Å². The van der Waals surface area contributed by atoms with E-state index in [9.17, 15) is 4.79 Å². The van der Waals surface area contributed by atoms with Gasteiger partial charge in [-0.2, -0.15) is 5.10 Å². The maximum absolute atomic E-state index is 11.9. The van der Waals surface area contributed by atoms with Crippen LogP contribution in [0.15, 0.2) is 65.9 Å². The van der Waals surface area contributed by atoms with Crippen LogP contribution in [0.2, 0.25) is 0 Å². The number of rotatable bonds is 5. The van der Waals surface area contributed by atoms with Crippen molar-refractivity contribution in [2.45, 2.75) is 20.3 Å². The van der Waals surface area contributed by atoms with Crippen LogP contribution in [0.5, 0.6) is 0 Å². The van der Waals surface area contributed by atoms with E-state index >= 15 is 0 Å². The molecule has 0 atom stereocenters. The average Bonchev–Trinajstić information content (AvgIpc) is 2.90. The minimum Gasteiger partial charge on any atom is -0.303 e. The summed E-state index contributed by atoms with van der Waals surface area (Å²) in [7, 11) is 0. The monoisotopic (exact) mass is 332 g/mol. The van der Waals surface area contributed by atoms with E-state index in [1.807, 2.05) is 68.4 Å². The largest absolute Gasteiger partial charge is 0.303 e. The fraction of sp³-hybridized carbons (Fsp3) is 0.150. The van der Waals surface area contributed by atoms with Gasteiger partial charge in [-0.15, -0.1) is 0 Å². The lowest BCUT2D eigenvalue weighted by Gasteiger charge is -2.07. The van der Waals surface area contributed by atoms with Gasteiger partial charge >= 0.3 is 0 Å². The molecule has 3 rings (SSSR count). The third kappa shape index (κ3) is 4.01. The molecule has 5 nitrogen and oxygen atoms in total. The van der Waals surface area contributed by atoms with Crippen LogP contribution in [0.25, 0.3) is 5.82 Å². The van der Waals surface area contributed by atoms with Gasteiger partial charge in [-0.05, 0) is 37.6 Å². The Kier molecular flexibility index (Phi) is 5.04. The third-order valence-electron chi connectivity index (χ3n) is 3.95. The third-order valence-corrected chi connectivity index (χ3v) is 3.95. The Hall–Kier alpha value is -3.21. The molecule has 25 heavy (non-hydrogen) atoms. The first-order chi connectivity index (χ1) is 12.1. The number of amides is 1. The fourth-order valence-corrected chi connectivity index (χ4v) is 2.75. The highest BCUT2D eigenvalue weighted by Crippen LogP contribution is 2.17. The number of pyridine rings is 1. The summed E-state index contributed by atoms with van der Waals surface area (Å²) >= 11 is 0. The summed E-state index contributed by atoms with van der Waals surface area (Å²) in [6, 6.07) is 17.4. The van der Waals surface area contributed by atoms with Crippen LogP contribution in [0.4, 0.5) is 0 Å². The topological polar surface area (TPSA) is 59.3 Å². The van der Waals surface area contributed by atoms with Gasteiger partial charge in [0.05, 0.1) is 12.6 Å². The number of hydrazone groups is 1. The Morgan fingerprint density at radius 1 is 1.16 bits per heavy atom. The average molecular weight is 332 g/mol. The van der Waals surface area contributed by atoms with Crippen molar-refractivity contribution in [3.05, 3.63) is 83.3 Å². The summed E-state index contributed by atoms with van der Waals surface area (Å²) in [6.45, 7) is 4.03. The first-order valence-corrected chi connectivity index (χ1v) is 8.11. The summed E-state index contributed by atoms with van der Waals surface area (Å²) in [5, 5.41) is 4.09. The molecular weight excluding hydrogens is 312 g/mol. The lowest BCUT2D eigenvalue weighted by Crippen LogP contribution is -2.19. The van der Waals surface area contributed by atoms with Crippen molar-refractivity contribution in [2.24, 2.45) is 5.10 Å². The van der Waals surface area contributed by atoms with Gasteiger partial charge in [0.2, 0.25) is 5.91 Å². The van der Waals surface area contributed by atoms with E-state index in [2.05, 4.69) is 20.1 Å². The molecule has 0 aliphatic heterocycles. The van der Waals surface area contributed by atoms with Crippen molar-refractivity contribution in [2.75, 3.05) is 0 Å². The number of benzene rings is 1. The number of hydrogen-bond acceptors (Lipinski definition) is 3.